The van der Waals surface area contributed by atoms with Crippen LogP contribution in [0.2, 0.25) is 5.02 Å². The van der Waals surface area contributed by atoms with Crippen molar-refractivity contribution in [1.29, 1.82) is 0 Å². The number of nitrogens with zero attached hydrogens (tertiary/aromatic N) is 1. The van der Waals surface area contributed by atoms with E-state index < -0.39 is 0 Å². The molecule has 0 saturated carbocycles. The lowest BCUT2D eigenvalue weighted by Gasteiger charge is -2.19. The summed E-state index contributed by atoms with van der Waals surface area (Å²) in [6, 6.07) is 10.0. The van der Waals surface area contributed by atoms with E-state index in [0.717, 1.165) is 22.8 Å². The minimum absolute atomic E-state index is 0.163. The van der Waals surface area contributed by atoms with E-state index >= 15 is 0 Å². The molecule has 0 aliphatic rings. The number of ether oxygens (including phenoxy) is 1. The van der Waals surface area contributed by atoms with Gasteiger partial charge in [0.2, 0.25) is 0 Å². The molecule has 1 unspecified atom stereocenters. The zero-order chi connectivity index (χ0) is 13.7. The van der Waals surface area contributed by atoms with Crippen LogP contribution in [0.4, 0.5) is 0 Å². The normalized spacial score (nSPS) is 12.2. The Morgan fingerprint density at radius 2 is 2.21 bits per heavy atom. The van der Waals surface area contributed by atoms with Crippen LogP contribution in [0.25, 0.3) is 0 Å². The molecular weight excluding hydrogens is 260 g/mol. The number of methoxy groups -OCH3 is 1. The Hall–Kier alpha value is -1.58. The van der Waals surface area contributed by atoms with Crippen LogP contribution >= 0.6 is 11.6 Å². The Balaban J connectivity index is 2.25. The largest absolute Gasteiger partial charge is 0.495 e. The molecule has 1 aromatic heterocycles. The zero-order valence-corrected chi connectivity index (χ0v) is 11.8. The highest BCUT2D eigenvalue weighted by atomic mass is 35.5. The maximum atomic E-state index is 6.02. The van der Waals surface area contributed by atoms with Gasteiger partial charge in [0.1, 0.15) is 5.75 Å². The summed E-state index contributed by atoms with van der Waals surface area (Å²) in [5.74, 6) is 0.795. The second kappa shape index (κ2) is 6.55. The average Bonchev–Trinajstić information content (AvgIpc) is 2.45. The van der Waals surface area contributed by atoms with Gasteiger partial charge in [-0.05, 0) is 37.2 Å². The highest BCUT2D eigenvalue weighted by Gasteiger charge is 2.15. The highest BCUT2D eigenvalue weighted by Crippen LogP contribution is 2.26. The maximum Gasteiger partial charge on any atom is 0.141 e. The first-order chi connectivity index (χ1) is 9.24. The minimum Gasteiger partial charge on any atom is -0.495 e. The monoisotopic (exact) mass is 276 g/mol. The third-order valence-corrected chi connectivity index (χ3v) is 3.32. The number of aromatic nitrogens is 1. The van der Waals surface area contributed by atoms with E-state index in [4.69, 9.17) is 16.3 Å². The van der Waals surface area contributed by atoms with Gasteiger partial charge in [-0.1, -0.05) is 23.7 Å². The van der Waals surface area contributed by atoms with Gasteiger partial charge in [0, 0.05) is 22.8 Å². The molecule has 0 saturated heterocycles. The second-order valence-corrected chi connectivity index (χ2v) is 4.73. The van der Waals surface area contributed by atoms with E-state index in [2.05, 4.69) is 16.4 Å². The molecule has 2 aromatic rings. The lowest BCUT2D eigenvalue weighted by molar-refractivity contribution is 0.399. The second-order valence-electron chi connectivity index (χ2n) is 4.29. The fourth-order valence-corrected chi connectivity index (χ4v) is 2.33. The number of hydrogen-bond donors (Lipinski definition) is 1. The fraction of sp³-hybridized carbons (Fsp3) is 0.267. The van der Waals surface area contributed by atoms with Crippen molar-refractivity contribution in [2.24, 2.45) is 0 Å². The quantitative estimate of drug-likeness (QED) is 0.910. The summed E-state index contributed by atoms with van der Waals surface area (Å²) in [6.45, 7) is 0. The molecule has 0 aliphatic heterocycles. The van der Waals surface area contributed by atoms with Crippen molar-refractivity contribution in [3.8, 4) is 5.75 Å². The first kappa shape index (κ1) is 13.8. The number of likely N-dealkylation sites (N-methyl/N-ethyl adjacent to an activating group) is 1. The summed E-state index contributed by atoms with van der Waals surface area (Å²) < 4.78 is 5.36. The van der Waals surface area contributed by atoms with E-state index in [-0.39, 0.29) is 6.04 Å². The van der Waals surface area contributed by atoms with E-state index in [0.29, 0.717) is 0 Å². The molecule has 100 valence electrons. The van der Waals surface area contributed by atoms with Crippen molar-refractivity contribution in [2.45, 2.75) is 12.5 Å². The van der Waals surface area contributed by atoms with Crippen LogP contribution in [0.5, 0.6) is 5.75 Å². The Kier molecular flexibility index (Phi) is 4.77. The van der Waals surface area contributed by atoms with Crippen molar-refractivity contribution in [1.82, 2.24) is 10.3 Å². The molecule has 0 bridgehead atoms. The summed E-state index contributed by atoms with van der Waals surface area (Å²) in [6.07, 6.45) is 4.36. The molecule has 0 radical (unpaired) electrons. The van der Waals surface area contributed by atoms with Crippen LogP contribution in [0.3, 0.4) is 0 Å². The van der Waals surface area contributed by atoms with Crippen LogP contribution in [-0.4, -0.2) is 19.1 Å². The predicted octanol–water partition coefficient (Wildman–Crippen LogP) is 3.25. The maximum absolute atomic E-state index is 6.02. The first-order valence-electron chi connectivity index (χ1n) is 6.14. The van der Waals surface area contributed by atoms with Crippen LogP contribution in [0.15, 0.2) is 42.7 Å². The van der Waals surface area contributed by atoms with E-state index in [1.165, 1.54) is 5.56 Å². The smallest absolute Gasteiger partial charge is 0.141 e. The molecule has 0 fully saturated rings. The lowest BCUT2D eigenvalue weighted by Crippen LogP contribution is -2.19. The number of pyridine rings is 1. The third kappa shape index (κ3) is 3.46. The molecule has 0 spiro atoms. The van der Waals surface area contributed by atoms with Crippen LogP contribution < -0.4 is 10.1 Å². The Bertz CT molecular complexity index is 545. The number of hydrogen-bond acceptors (Lipinski definition) is 3. The molecule has 1 heterocycles. The molecular formula is C15H17ClN2O. The summed E-state index contributed by atoms with van der Waals surface area (Å²) in [7, 11) is 3.60. The number of benzene rings is 1. The Labute approximate surface area is 118 Å². The average molecular weight is 277 g/mol. The van der Waals surface area contributed by atoms with Gasteiger partial charge >= 0.3 is 0 Å². The summed E-state index contributed by atoms with van der Waals surface area (Å²) in [4.78, 5) is 4.08. The molecule has 1 aromatic carbocycles. The van der Waals surface area contributed by atoms with Crippen LogP contribution in [0, 0.1) is 0 Å². The molecule has 19 heavy (non-hydrogen) atoms. The Morgan fingerprint density at radius 1 is 1.37 bits per heavy atom. The van der Waals surface area contributed by atoms with Crippen LogP contribution in [0.1, 0.15) is 17.2 Å². The number of nitrogens with one attached hydrogen (secondary N) is 1. The summed E-state index contributed by atoms with van der Waals surface area (Å²) >= 11 is 6.02. The third-order valence-electron chi connectivity index (χ3n) is 3.09. The van der Waals surface area contributed by atoms with Gasteiger partial charge in [-0.15, -0.1) is 0 Å². The lowest BCUT2D eigenvalue weighted by atomic mass is 9.99. The molecule has 0 aliphatic carbocycles. The first-order valence-corrected chi connectivity index (χ1v) is 6.52. The number of rotatable bonds is 5. The van der Waals surface area contributed by atoms with Crippen molar-refractivity contribution in [3.05, 3.63) is 58.9 Å². The van der Waals surface area contributed by atoms with Crippen molar-refractivity contribution < 1.29 is 4.74 Å². The molecule has 0 amide bonds. The van der Waals surface area contributed by atoms with Crippen LogP contribution in [-0.2, 0) is 6.42 Å². The van der Waals surface area contributed by atoms with Gasteiger partial charge in [-0.25, -0.2) is 0 Å². The van der Waals surface area contributed by atoms with Crippen molar-refractivity contribution in [2.75, 3.05) is 14.2 Å². The molecule has 3 nitrogen and oxygen atoms in total. The minimum atomic E-state index is 0.163. The fourth-order valence-electron chi connectivity index (χ4n) is 2.12. The predicted molar refractivity (Wildman–Crippen MR) is 77.7 cm³/mol. The van der Waals surface area contributed by atoms with Gasteiger partial charge in [-0.3, -0.25) is 4.98 Å². The number of halogens is 1. The van der Waals surface area contributed by atoms with E-state index in [9.17, 15) is 0 Å². The van der Waals surface area contributed by atoms with Crippen molar-refractivity contribution >= 4 is 11.6 Å². The van der Waals surface area contributed by atoms with Crippen molar-refractivity contribution in [3.63, 3.8) is 0 Å². The van der Waals surface area contributed by atoms with Gasteiger partial charge in [0.25, 0.3) is 0 Å². The van der Waals surface area contributed by atoms with E-state index in [1.807, 2.05) is 31.3 Å². The highest BCUT2D eigenvalue weighted by molar-refractivity contribution is 6.30. The molecule has 2 rings (SSSR count). The SMILES string of the molecule is CNC(Cc1cccc(Cl)c1)c1ccncc1OC. The van der Waals surface area contributed by atoms with E-state index in [1.54, 1.807) is 19.5 Å². The van der Waals surface area contributed by atoms with Gasteiger partial charge in [0.15, 0.2) is 0 Å². The van der Waals surface area contributed by atoms with Gasteiger partial charge in [-0.2, -0.15) is 0 Å². The molecule has 1 atom stereocenters. The summed E-state index contributed by atoms with van der Waals surface area (Å²) in [5, 5.41) is 4.07. The topological polar surface area (TPSA) is 34.2 Å². The molecule has 1 N–H and O–H groups in total. The van der Waals surface area contributed by atoms with Gasteiger partial charge in [0.05, 0.1) is 13.3 Å². The summed E-state index contributed by atoms with van der Waals surface area (Å²) in [5.41, 5.74) is 2.28. The molecule has 4 heteroatoms. The zero-order valence-electron chi connectivity index (χ0n) is 11.1. The van der Waals surface area contributed by atoms with Gasteiger partial charge < -0.3 is 10.1 Å². The standard InChI is InChI=1S/C15H17ClN2O/c1-17-14(9-11-4-3-5-12(16)8-11)13-6-7-18-10-15(13)19-2/h3-8,10,14,17H,9H2,1-2H3. The Morgan fingerprint density at radius 3 is 2.89 bits per heavy atom.